The summed E-state index contributed by atoms with van der Waals surface area (Å²) in [7, 11) is 0. The van der Waals surface area contributed by atoms with Crippen LogP contribution in [0.5, 0.6) is 0 Å². The molecule has 1 aliphatic carbocycles. The van der Waals surface area contributed by atoms with Crippen LogP contribution in [0.1, 0.15) is 34.9 Å². The van der Waals surface area contributed by atoms with Crippen molar-refractivity contribution in [3.8, 4) is 17.0 Å². The highest BCUT2D eigenvalue weighted by molar-refractivity contribution is 5.86. The monoisotopic (exact) mass is 295 g/mol. The Morgan fingerprint density at radius 2 is 2.00 bits per heavy atom. The molecule has 2 aromatic heterocycles. The summed E-state index contributed by atoms with van der Waals surface area (Å²) in [5, 5.41) is 16.8. The van der Waals surface area contributed by atoms with Crippen molar-refractivity contribution in [2.24, 2.45) is 0 Å². The number of carboxylic acid groups (broad SMARTS) is 1. The summed E-state index contributed by atoms with van der Waals surface area (Å²) in [6.07, 6.45) is 4.26. The van der Waals surface area contributed by atoms with E-state index in [2.05, 4.69) is 16.3 Å². The van der Waals surface area contributed by atoms with E-state index in [1.165, 1.54) is 24.6 Å². The van der Waals surface area contributed by atoms with Crippen LogP contribution in [0.4, 0.5) is 0 Å². The Kier molecular flexibility index (Phi) is 2.82. The summed E-state index contributed by atoms with van der Waals surface area (Å²) >= 11 is 0. The molecule has 1 fully saturated rings. The van der Waals surface area contributed by atoms with E-state index in [0.717, 1.165) is 11.3 Å². The molecule has 0 atom stereocenters. The van der Waals surface area contributed by atoms with Crippen LogP contribution in [0.15, 0.2) is 47.1 Å². The van der Waals surface area contributed by atoms with Gasteiger partial charge in [-0.25, -0.2) is 9.48 Å². The van der Waals surface area contributed by atoms with Crippen molar-refractivity contribution in [2.45, 2.75) is 18.8 Å². The number of rotatable bonds is 4. The Morgan fingerprint density at radius 1 is 1.23 bits per heavy atom. The van der Waals surface area contributed by atoms with E-state index in [-0.39, 0.29) is 5.69 Å². The van der Waals surface area contributed by atoms with E-state index in [9.17, 15) is 4.79 Å². The zero-order valence-electron chi connectivity index (χ0n) is 11.6. The van der Waals surface area contributed by atoms with Crippen molar-refractivity contribution in [3.63, 3.8) is 0 Å². The molecule has 0 spiro atoms. The molecule has 1 saturated carbocycles. The third-order valence-electron chi connectivity index (χ3n) is 3.79. The van der Waals surface area contributed by atoms with Gasteiger partial charge in [0, 0.05) is 29.4 Å². The topological polar surface area (TPSA) is 81.1 Å². The molecule has 2 heterocycles. The van der Waals surface area contributed by atoms with Gasteiger partial charge in [0.15, 0.2) is 11.5 Å². The summed E-state index contributed by atoms with van der Waals surface area (Å²) in [5.74, 6) is -0.0429. The lowest BCUT2D eigenvalue weighted by molar-refractivity contribution is 0.0686. The van der Waals surface area contributed by atoms with Gasteiger partial charge in [-0.3, -0.25) is 0 Å². The van der Waals surface area contributed by atoms with Gasteiger partial charge in [0.1, 0.15) is 0 Å². The molecule has 22 heavy (non-hydrogen) atoms. The lowest BCUT2D eigenvalue weighted by Gasteiger charge is -2.07. The van der Waals surface area contributed by atoms with Crippen LogP contribution in [0.3, 0.4) is 0 Å². The lowest BCUT2D eigenvalue weighted by Crippen LogP contribution is -2.00. The predicted octanol–water partition coefficient (Wildman–Crippen LogP) is 3.10. The van der Waals surface area contributed by atoms with Crippen LogP contribution >= 0.6 is 0 Å². The molecule has 3 aromatic rings. The highest BCUT2D eigenvalue weighted by Crippen LogP contribution is 2.40. The number of hydrogen-bond acceptors (Lipinski definition) is 4. The molecule has 0 bridgehead atoms. The molecule has 6 heteroatoms. The molecule has 110 valence electrons. The average molecular weight is 295 g/mol. The van der Waals surface area contributed by atoms with E-state index >= 15 is 0 Å². The molecule has 0 radical (unpaired) electrons. The quantitative estimate of drug-likeness (QED) is 0.799. The van der Waals surface area contributed by atoms with Gasteiger partial charge in [-0.05, 0) is 43.2 Å². The summed E-state index contributed by atoms with van der Waals surface area (Å²) in [4.78, 5) is 10.8. The summed E-state index contributed by atoms with van der Waals surface area (Å²) in [5.41, 5.74) is 2.90. The number of aromatic carboxylic acids is 1. The van der Waals surface area contributed by atoms with Crippen molar-refractivity contribution in [3.05, 3.63) is 54.0 Å². The Bertz CT molecular complexity index is 828. The Morgan fingerprint density at radius 3 is 2.64 bits per heavy atom. The summed E-state index contributed by atoms with van der Waals surface area (Å²) in [6.45, 7) is 0. The van der Waals surface area contributed by atoms with Crippen molar-refractivity contribution >= 4 is 5.97 Å². The van der Waals surface area contributed by atoms with Crippen LogP contribution < -0.4 is 0 Å². The molecule has 1 aromatic carbocycles. The molecule has 1 aliphatic rings. The van der Waals surface area contributed by atoms with Crippen LogP contribution in [0.25, 0.3) is 17.0 Å². The van der Waals surface area contributed by atoms with E-state index in [1.54, 1.807) is 0 Å². The molecule has 0 saturated heterocycles. The number of benzene rings is 1. The zero-order chi connectivity index (χ0) is 15.1. The molecule has 0 unspecified atom stereocenters. The Labute approximate surface area is 126 Å². The maximum atomic E-state index is 10.8. The second-order valence-electron chi connectivity index (χ2n) is 5.37. The van der Waals surface area contributed by atoms with E-state index in [4.69, 9.17) is 9.63 Å². The fraction of sp³-hybridized carbons (Fsp3) is 0.188. The van der Waals surface area contributed by atoms with Crippen LogP contribution in [-0.4, -0.2) is 26.0 Å². The van der Waals surface area contributed by atoms with Crippen molar-refractivity contribution in [2.75, 3.05) is 0 Å². The summed E-state index contributed by atoms with van der Waals surface area (Å²) in [6, 6.07) is 11.1. The van der Waals surface area contributed by atoms with E-state index in [1.807, 2.05) is 35.1 Å². The normalized spacial score (nSPS) is 14.2. The van der Waals surface area contributed by atoms with Crippen LogP contribution in [-0.2, 0) is 0 Å². The first-order chi connectivity index (χ1) is 10.7. The maximum Gasteiger partial charge on any atom is 0.358 e. The lowest BCUT2D eigenvalue weighted by atomic mass is 10.1. The van der Waals surface area contributed by atoms with Gasteiger partial charge in [0.25, 0.3) is 0 Å². The van der Waals surface area contributed by atoms with Gasteiger partial charge in [0.2, 0.25) is 0 Å². The first-order valence-electron chi connectivity index (χ1n) is 7.07. The van der Waals surface area contributed by atoms with Crippen LogP contribution in [0, 0.1) is 0 Å². The minimum Gasteiger partial charge on any atom is -0.476 e. The molecule has 6 nitrogen and oxygen atoms in total. The highest BCUT2D eigenvalue weighted by atomic mass is 16.5. The van der Waals surface area contributed by atoms with E-state index < -0.39 is 5.97 Å². The van der Waals surface area contributed by atoms with Gasteiger partial charge in [-0.15, -0.1) is 0 Å². The third-order valence-corrected chi connectivity index (χ3v) is 3.79. The number of aromatic nitrogens is 3. The van der Waals surface area contributed by atoms with Crippen molar-refractivity contribution in [1.29, 1.82) is 0 Å². The van der Waals surface area contributed by atoms with Crippen molar-refractivity contribution in [1.82, 2.24) is 14.9 Å². The van der Waals surface area contributed by atoms with Gasteiger partial charge in [0.05, 0.1) is 5.69 Å². The SMILES string of the molecule is O=C(O)c1cc(-c2ccc(-n3nccc3C3CC3)cc2)on1. The third kappa shape index (κ3) is 2.18. The van der Waals surface area contributed by atoms with Gasteiger partial charge >= 0.3 is 5.97 Å². The average Bonchev–Trinajstić information content (AvgIpc) is 3.06. The maximum absolute atomic E-state index is 10.8. The van der Waals surface area contributed by atoms with Crippen molar-refractivity contribution < 1.29 is 14.4 Å². The minimum atomic E-state index is -1.10. The minimum absolute atomic E-state index is 0.0952. The molecule has 1 N–H and O–H groups in total. The van der Waals surface area contributed by atoms with Gasteiger partial charge in [-0.2, -0.15) is 5.10 Å². The number of carbonyl (C=O) groups is 1. The molecular weight excluding hydrogens is 282 g/mol. The molecule has 0 aliphatic heterocycles. The number of nitrogens with zero attached hydrogens (tertiary/aromatic N) is 3. The second kappa shape index (κ2) is 4.84. The zero-order valence-corrected chi connectivity index (χ0v) is 11.6. The molecular formula is C16H13N3O3. The standard InChI is InChI=1S/C16H13N3O3/c20-16(21)13-9-15(22-18-13)11-3-5-12(6-4-11)19-14(7-8-17-19)10-1-2-10/h3-10H,1-2H2,(H,20,21). The van der Waals surface area contributed by atoms with E-state index in [0.29, 0.717) is 11.7 Å². The predicted molar refractivity (Wildman–Crippen MR) is 78.0 cm³/mol. The highest BCUT2D eigenvalue weighted by Gasteiger charge is 2.27. The first-order valence-corrected chi connectivity index (χ1v) is 7.07. The fourth-order valence-electron chi connectivity index (χ4n) is 2.50. The number of carboxylic acids is 1. The number of hydrogen-bond donors (Lipinski definition) is 1. The first kappa shape index (κ1) is 12.8. The Balaban J connectivity index is 1.64. The Hall–Kier alpha value is -2.89. The second-order valence-corrected chi connectivity index (χ2v) is 5.37. The van der Waals surface area contributed by atoms with Crippen LogP contribution in [0.2, 0.25) is 0 Å². The molecule has 0 amide bonds. The fourth-order valence-corrected chi connectivity index (χ4v) is 2.50. The molecule has 4 rings (SSSR count). The smallest absolute Gasteiger partial charge is 0.358 e. The summed E-state index contributed by atoms with van der Waals surface area (Å²) < 4.78 is 7.01. The van der Waals surface area contributed by atoms with Gasteiger partial charge in [-0.1, -0.05) is 5.16 Å². The van der Waals surface area contributed by atoms with Gasteiger partial charge < -0.3 is 9.63 Å². The largest absolute Gasteiger partial charge is 0.476 e.